The van der Waals surface area contributed by atoms with Crippen LogP contribution < -0.4 is 4.74 Å². The molecular weight excluding hydrogens is 322 g/mol. The molecule has 4 nitrogen and oxygen atoms in total. The first kappa shape index (κ1) is 14.5. The normalized spacial score (nSPS) is 10.3. The van der Waals surface area contributed by atoms with Crippen LogP contribution in [0.15, 0.2) is 40.9 Å². The predicted octanol–water partition coefficient (Wildman–Crippen LogP) is 4.55. The van der Waals surface area contributed by atoms with Gasteiger partial charge in [-0.2, -0.15) is 0 Å². The van der Waals surface area contributed by atoms with Gasteiger partial charge in [-0.3, -0.25) is 10.1 Å². The first-order valence-corrected chi connectivity index (χ1v) is 6.89. The van der Waals surface area contributed by atoms with Crippen molar-refractivity contribution < 1.29 is 9.66 Å². The molecule has 0 fully saturated rings. The van der Waals surface area contributed by atoms with Gasteiger partial charge in [0.1, 0.15) is 12.4 Å². The molecule has 0 amide bonds. The van der Waals surface area contributed by atoms with Crippen LogP contribution in [-0.4, -0.2) is 4.92 Å². The van der Waals surface area contributed by atoms with Gasteiger partial charge in [0.2, 0.25) is 0 Å². The minimum Gasteiger partial charge on any atom is -0.487 e. The second kappa shape index (κ2) is 6.05. The van der Waals surface area contributed by atoms with E-state index in [9.17, 15) is 10.1 Å². The van der Waals surface area contributed by atoms with Crippen LogP contribution in [0.3, 0.4) is 0 Å². The van der Waals surface area contributed by atoms with Crippen LogP contribution in [0.25, 0.3) is 0 Å². The molecule has 104 valence electrons. The SMILES string of the molecule is Cc1ccc(COc2cc([N+](=O)[O-])ccc2Br)cc1C. The summed E-state index contributed by atoms with van der Waals surface area (Å²) < 4.78 is 6.36. The molecule has 0 aromatic heterocycles. The van der Waals surface area contributed by atoms with Gasteiger partial charge in [-0.25, -0.2) is 0 Å². The molecule has 0 heterocycles. The van der Waals surface area contributed by atoms with Crippen molar-refractivity contribution in [3.8, 4) is 5.75 Å². The van der Waals surface area contributed by atoms with Gasteiger partial charge in [0, 0.05) is 6.07 Å². The highest BCUT2D eigenvalue weighted by molar-refractivity contribution is 9.10. The molecule has 2 aromatic rings. The quantitative estimate of drug-likeness (QED) is 0.608. The van der Waals surface area contributed by atoms with E-state index < -0.39 is 4.92 Å². The summed E-state index contributed by atoms with van der Waals surface area (Å²) in [5.74, 6) is 0.470. The summed E-state index contributed by atoms with van der Waals surface area (Å²) in [6.07, 6.45) is 0. The number of hydrogen-bond donors (Lipinski definition) is 0. The van der Waals surface area contributed by atoms with Crippen LogP contribution in [-0.2, 0) is 6.61 Å². The van der Waals surface area contributed by atoms with E-state index >= 15 is 0 Å². The lowest BCUT2D eigenvalue weighted by Crippen LogP contribution is -1.98. The molecule has 0 N–H and O–H groups in total. The van der Waals surface area contributed by atoms with Gasteiger partial charge in [-0.1, -0.05) is 18.2 Å². The zero-order chi connectivity index (χ0) is 14.7. The third-order valence-electron chi connectivity index (χ3n) is 3.09. The van der Waals surface area contributed by atoms with Gasteiger partial charge in [0.05, 0.1) is 15.5 Å². The van der Waals surface area contributed by atoms with Crippen LogP contribution in [0.1, 0.15) is 16.7 Å². The Morgan fingerprint density at radius 1 is 1.15 bits per heavy atom. The summed E-state index contributed by atoms with van der Waals surface area (Å²) in [6, 6.07) is 10.6. The number of benzene rings is 2. The number of hydrogen-bond acceptors (Lipinski definition) is 3. The molecule has 0 saturated heterocycles. The molecule has 2 aromatic carbocycles. The first-order valence-electron chi connectivity index (χ1n) is 6.10. The Bertz CT molecular complexity index is 656. The van der Waals surface area contributed by atoms with E-state index in [1.165, 1.54) is 23.3 Å². The Kier molecular flexibility index (Phi) is 4.39. The molecule has 0 bridgehead atoms. The van der Waals surface area contributed by atoms with E-state index in [0.717, 1.165) is 5.56 Å². The topological polar surface area (TPSA) is 52.4 Å². The third kappa shape index (κ3) is 3.36. The fraction of sp³-hybridized carbons (Fsp3) is 0.200. The maximum absolute atomic E-state index is 10.8. The van der Waals surface area contributed by atoms with Crippen LogP contribution in [0.5, 0.6) is 5.75 Å². The third-order valence-corrected chi connectivity index (χ3v) is 3.75. The summed E-state index contributed by atoms with van der Waals surface area (Å²) in [5, 5.41) is 10.8. The maximum atomic E-state index is 10.8. The van der Waals surface area contributed by atoms with Crippen molar-refractivity contribution in [1.29, 1.82) is 0 Å². The zero-order valence-corrected chi connectivity index (χ0v) is 12.8. The monoisotopic (exact) mass is 335 g/mol. The Hall–Kier alpha value is -1.88. The van der Waals surface area contributed by atoms with E-state index in [1.807, 2.05) is 19.1 Å². The molecule has 0 aliphatic carbocycles. The van der Waals surface area contributed by atoms with E-state index in [2.05, 4.69) is 28.9 Å². The van der Waals surface area contributed by atoms with Crippen LogP contribution in [0.4, 0.5) is 5.69 Å². The molecule has 0 spiro atoms. The first-order chi connectivity index (χ1) is 9.47. The summed E-state index contributed by atoms with van der Waals surface area (Å²) in [7, 11) is 0. The van der Waals surface area contributed by atoms with Crippen molar-refractivity contribution in [3.63, 3.8) is 0 Å². The second-order valence-corrected chi connectivity index (χ2v) is 5.43. The number of rotatable bonds is 4. The van der Waals surface area contributed by atoms with Crippen LogP contribution in [0.2, 0.25) is 0 Å². The predicted molar refractivity (Wildman–Crippen MR) is 81.0 cm³/mol. The zero-order valence-electron chi connectivity index (χ0n) is 11.2. The second-order valence-electron chi connectivity index (χ2n) is 4.58. The molecule has 20 heavy (non-hydrogen) atoms. The molecular formula is C15H14BrNO3. The smallest absolute Gasteiger partial charge is 0.273 e. The van der Waals surface area contributed by atoms with Crippen molar-refractivity contribution in [2.75, 3.05) is 0 Å². The van der Waals surface area contributed by atoms with Crippen molar-refractivity contribution >= 4 is 21.6 Å². The fourth-order valence-corrected chi connectivity index (χ4v) is 2.13. The summed E-state index contributed by atoms with van der Waals surface area (Å²) >= 11 is 3.33. The average Bonchev–Trinajstić information content (AvgIpc) is 2.41. The largest absolute Gasteiger partial charge is 0.487 e. The van der Waals surface area contributed by atoms with E-state index in [0.29, 0.717) is 16.8 Å². The fourth-order valence-electron chi connectivity index (χ4n) is 1.77. The Labute approximate surface area is 125 Å². The number of halogens is 1. The molecule has 5 heteroatoms. The average molecular weight is 336 g/mol. The van der Waals surface area contributed by atoms with Gasteiger partial charge in [0.15, 0.2) is 0 Å². The number of aryl methyl sites for hydroxylation is 2. The van der Waals surface area contributed by atoms with E-state index in [4.69, 9.17) is 4.74 Å². The standard InChI is InChI=1S/C15H14BrNO3/c1-10-3-4-12(7-11(10)2)9-20-15-8-13(17(18)19)5-6-14(15)16/h3-8H,9H2,1-2H3. The van der Waals surface area contributed by atoms with Crippen molar-refractivity contribution in [1.82, 2.24) is 0 Å². The summed E-state index contributed by atoms with van der Waals surface area (Å²) in [4.78, 5) is 10.3. The number of non-ortho nitro benzene ring substituents is 1. The van der Waals surface area contributed by atoms with Crippen molar-refractivity contribution in [2.45, 2.75) is 20.5 Å². The van der Waals surface area contributed by atoms with E-state index in [1.54, 1.807) is 6.07 Å². The highest BCUT2D eigenvalue weighted by Crippen LogP contribution is 2.30. The number of nitro benzene ring substituents is 1. The lowest BCUT2D eigenvalue weighted by Gasteiger charge is -2.09. The Morgan fingerprint density at radius 3 is 2.55 bits per heavy atom. The molecule has 0 aliphatic rings. The Balaban J connectivity index is 2.15. The number of nitrogens with zero attached hydrogens (tertiary/aromatic N) is 1. The lowest BCUT2D eigenvalue weighted by atomic mass is 10.1. The highest BCUT2D eigenvalue weighted by Gasteiger charge is 2.10. The van der Waals surface area contributed by atoms with Gasteiger partial charge < -0.3 is 4.74 Å². The number of nitro groups is 1. The molecule has 0 unspecified atom stereocenters. The van der Waals surface area contributed by atoms with Crippen LogP contribution >= 0.6 is 15.9 Å². The Morgan fingerprint density at radius 2 is 1.90 bits per heavy atom. The van der Waals surface area contributed by atoms with Crippen molar-refractivity contribution in [2.24, 2.45) is 0 Å². The minimum absolute atomic E-state index is 0.0169. The molecule has 0 aliphatic heterocycles. The van der Waals surface area contributed by atoms with Gasteiger partial charge in [0.25, 0.3) is 5.69 Å². The summed E-state index contributed by atoms with van der Waals surface area (Å²) in [6.45, 7) is 4.47. The highest BCUT2D eigenvalue weighted by atomic mass is 79.9. The summed E-state index contributed by atoms with van der Waals surface area (Å²) in [5.41, 5.74) is 3.48. The van der Waals surface area contributed by atoms with E-state index in [-0.39, 0.29) is 5.69 Å². The van der Waals surface area contributed by atoms with Gasteiger partial charge >= 0.3 is 0 Å². The molecule has 2 rings (SSSR count). The number of ether oxygens (including phenoxy) is 1. The maximum Gasteiger partial charge on any atom is 0.273 e. The van der Waals surface area contributed by atoms with Crippen molar-refractivity contribution in [3.05, 3.63) is 67.7 Å². The lowest BCUT2D eigenvalue weighted by molar-refractivity contribution is -0.385. The molecule has 0 atom stereocenters. The molecule has 0 radical (unpaired) electrons. The van der Waals surface area contributed by atoms with Gasteiger partial charge in [-0.05, 0) is 52.5 Å². The van der Waals surface area contributed by atoms with Gasteiger partial charge in [-0.15, -0.1) is 0 Å². The minimum atomic E-state index is -0.435. The van der Waals surface area contributed by atoms with Crippen LogP contribution in [0, 0.1) is 24.0 Å². The molecule has 0 saturated carbocycles.